The van der Waals surface area contributed by atoms with Gasteiger partial charge in [-0.2, -0.15) is 0 Å². The van der Waals surface area contributed by atoms with Crippen molar-refractivity contribution >= 4 is 12.7 Å². The summed E-state index contributed by atoms with van der Waals surface area (Å²) in [5.74, 6) is 1.32. The second kappa shape index (κ2) is 10.6. The molecule has 5 nitrogen and oxygen atoms in total. The summed E-state index contributed by atoms with van der Waals surface area (Å²) in [5.41, 5.74) is 3.43. The van der Waals surface area contributed by atoms with Crippen LogP contribution in [-0.4, -0.2) is 16.4 Å². The van der Waals surface area contributed by atoms with Crippen molar-refractivity contribution in [3.05, 3.63) is 123 Å². The Morgan fingerprint density at radius 1 is 1.00 bits per heavy atom. The van der Waals surface area contributed by atoms with Crippen LogP contribution in [0.1, 0.15) is 23.6 Å². The predicted octanol–water partition coefficient (Wildman–Crippen LogP) is 4.11. The van der Waals surface area contributed by atoms with Crippen LogP contribution in [0.4, 0.5) is 0 Å². The molecule has 1 heterocycles. The van der Waals surface area contributed by atoms with Gasteiger partial charge in [-0.05, 0) is 54.8 Å². The van der Waals surface area contributed by atoms with Gasteiger partial charge in [0.2, 0.25) is 0 Å². The van der Waals surface area contributed by atoms with Crippen LogP contribution in [0.5, 0.6) is 11.5 Å². The first-order valence-corrected chi connectivity index (χ1v) is 11.2. The minimum atomic E-state index is -0.163. The van der Waals surface area contributed by atoms with E-state index in [1.165, 1.54) is 4.68 Å². The summed E-state index contributed by atoms with van der Waals surface area (Å²) in [5, 5.41) is 4.11. The van der Waals surface area contributed by atoms with Gasteiger partial charge in [0.1, 0.15) is 6.61 Å². The molecule has 0 atom stereocenters. The molecular weight excluding hydrogens is 424 g/mol. The SMILES string of the molecule is C=CCc1cc(/C=c2/c(=C)[nH]n(-c3ccccc3)c2=O)cc(OCC)c1OCc1ccccc1. The number of hydrogen-bond acceptors (Lipinski definition) is 3. The fourth-order valence-electron chi connectivity index (χ4n) is 3.80. The Morgan fingerprint density at radius 2 is 1.71 bits per heavy atom. The molecule has 0 unspecified atom stereocenters. The maximum Gasteiger partial charge on any atom is 0.279 e. The van der Waals surface area contributed by atoms with Crippen LogP contribution in [0.2, 0.25) is 0 Å². The maximum atomic E-state index is 13.1. The first-order chi connectivity index (χ1) is 16.6. The zero-order chi connectivity index (χ0) is 23.9. The fourth-order valence-corrected chi connectivity index (χ4v) is 3.80. The third-order valence-corrected chi connectivity index (χ3v) is 5.37. The minimum absolute atomic E-state index is 0.163. The number of ether oxygens (including phenoxy) is 2. The lowest BCUT2D eigenvalue weighted by Gasteiger charge is -2.17. The summed E-state index contributed by atoms with van der Waals surface area (Å²) >= 11 is 0. The lowest BCUT2D eigenvalue weighted by molar-refractivity contribution is 0.267. The zero-order valence-electron chi connectivity index (χ0n) is 19.3. The molecule has 1 aromatic heterocycles. The fraction of sp³-hybridized carbons (Fsp3) is 0.138. The number of H-pyrrole nitrogens is 1. The molecule has 0 amide bonds. The molecular formula is C29H28N2O3. The monoisotopic (exact) mass is 452 g/mol. The van der Waals surface area contributed by atoms with Gasteiger partial charge in [-0.3, -0.25) is 9.89 Å². The van der Waals surface area contributed by atoms with E-state index >= 15 is 0 Å². The Bertz CT molecular complexity index is 1430. The van der Waals surface area contributed by atoms with Crippen molar-refractivity contribution in [3.8, 4) is 17.2 Å². The molecule has 0 radical (unpaired) electrons. The molecule has 0 saturated heterocycles. The molecule has 3 aromatic carbocycles. The Balaban J connectivity index is 1.78. The Morgan fingerprint density at radius 3 is 2.38 bits per heavy atom. The van der Waals surface area contributed by atoms with E-state index in [9.17, 15) is 4.79 Å². The Kier molecular flexibility index (Phi) is 7.13. The lowest BCUT2D eigenvalue weighted by atomic mass is 10.0. The highest BCUT2D eigenvalue weighted by atomic mass is 16.5. The highest BCUT2D eigenvalue weighted by Gasteiger charge is 2.14. The van der Waals surface area contributed by atoms with Crippen LogP contribution in [0.25, 0.3) is 18.3 Å². The van der Waals surface area contributed by atoms with Gasteiger partial charge < -0.3 is 9.47 Å². The number of nitrogens with one attached hydrogen (secondary N) is 1. The molecule has 4 rings (SSSR count). The van der Waals surface area contributed by atoms with Crippen molar-refractivity contribution in [1.82, 2.24) is 9.78 Å². The normalized spacial score (nSPS) is 11.4. The average Bonchev–Trinajstić information content (AvgIpc) is 3.13. The molecule has 0 aliphatic heterocycles. The van der Waals surface area contributed by atoms with Gasteiger partial charge in [0.15, 0.2) is 11.5 Å². The minimum Gasteiger partial charge on any atom is -0.490 e. The highest BCUT2D eigenvalue weighted by Crippen LogP contribution is 2.34. The second-order valence-corrected chi connectivity index (χ2v) is 7.83. The summed E-state index contributed by atoms with van der Waals surface area (Å²) in [6.07, 6.45) is 4.26. The van der Waals surface area contributed by atoms with Crippen molar-refractivity contribution < 1.29 is 9.47 Å². The molecule has 1 N–H and O–H groups in total. The van der Waals surface area contributed by atoms with Gasteiger partial charge >= 0.3 is 0 Å². The van der Waals surface area contributed by atoms with Crippen LogP contribution >= 0.6 is 0 Å². The molecule has 0 spiro atoms. The quantitative estimate of drug-likeness (QED) is 0.389. The predicted molar refractivity (Wildman–Crippen MR) is 137 cm³/mol. The van der Waals surface area contributed by atoms with Crippen LogP contribution in [-0.2, 0) is 13.0 Å². The van der Waals surface area contributed by atoms with E-state index in [4.69, 9.17) is 9.47 Å². The largest absolute Gasteiger partial charge is 0.490 e. The smallest absolute Gasteiger partial charge is 0.279 e. The molecule has 34 heavy (non-hydrogen) atoms. The van der Waals surface area contributed by atoms with Crippen LogP contribution in [0.3, 0.4) is 0 Å². The van der Waals surface area contributed by atoms with Crippen molar-refractivity contribution in [1.29, 1.82) is 0 Å². The molecule has 4 aromatic rings. The summed E-state index contributed by atoms with van der Waals surface area (Å²) in [4.78, 5) is 13.1. The number of hydrogen-bond donors (Lipinski definition) is 1. The lowest BCUT2D eigenvalue weighted by Crippen LogP contribution is -2.33. The molecule has 0 saturated carbocycles. The maximum absolute atomic E-state index is 13.1. The van der Waals surface area contributed by atoms with Crippen LogP contribution in [0.15, 0.2) is 90.2 Å². The van der Waals surface area contributed by atoms with E-state index in [0.29, 0.717) is 41.7 Å². The van der Waals surface area contributed by atoms with E-state index in [2.05, 4.69) is 18.3 Å². The van der Waals surface area contributed by atoms with E-state index in [-0.39, 0.29) is 5.56 Å². The summed E-state index contributed by atoms with van der Waals surface area (Å²) in [7, 11) is 0. The van der Waals surface area contributed by atoms with Gasteiger partial charge in [0.05, 0.1) is 22.9 Å². The van der Waals surface area contributed by atoms with Gasteiger partial charge in [0.25, 0.3) is 5.56 Å². The standard InChI is InChI=1S/C29H28N2O3/c1-4-12-24-17-23(18-26-21(3)30-31(29(26)32)25-15-10-7-11-16-25)19-27(33-5-2)28(24)34-20-22-13-8-6-9-14-22/h4,6-11,13-19,30H,1,3,5,12,20H2,2H3/b26-18-. The Hall–Kier alpha value is -4.25. The molecule has 0 fully saturated rings. The summed E-state index contributed by atoms with van der Waals surface area (Å²) in [6.45, 7) is 10.8. The number of aromatic amines is 1. The van der Waals surface area contributed by atoms with Gasteiger partial charge in [-0.1, -0.05) is 61.2 Å². The topological polar surface area (TPSA) is 56.2 Å². The first-order valence-electron chi connectivity index (χ1n) is 11.2. The number of allylic oxidation sites excluding steroid dienone is 1. The molecule has 172 valence electrons. The highest BCUT2D eigenvalue weighted by molar-refractivity contribution is 5.60. The number of para-hydroxylation sites is 1. The molecule has 0 bridgehead atoms. The van der Waals surface area contributed by atoms with Crippen molar-refractivity contribution in [2.45, 2.75) is 20.0 Å². The number of benzene rings is 3. The van der Waals surface area contributed by atoms with Crippen LogP contribution < -0.4 is 25.6 Å². The van der Waals surface area contributed by atoms with E-state index < -0.39 is 0 Å². The second-order valence-electron chi connectivity index (χ2n) is 7.83. The molecule has 0 aliphatic carbocycles. The molecule has 0 aliphatic rings. The third-order valence-electron chi connectivity index (χ3n) is 5.37. The average molecular weight is 453 g/mol. The summed E-state index contributed by atoms with van der Waals surface area (Å²) < 4.78 is 13.6. The van der Waals surface area contributed by atoms with E-state index in [0.717, 1.165) is 22.4 Å². The number of aromatic nitrogens is 2. The van der Waals surface area contributed by atoms with Gasteiger partial charge in [0, 0.05) is 5.56 Å². The van der Waals surface area contributed by atoms with Crippen molar-refractivity contribution in [2.75, 3.05) is 6.61 Å². The van der Waals surface area contributed by atoms with E-state index in [1.54, 1.807) is 0 Å². The Labute approximate surface area is 198 Å². The van der Waals surface area contributed by atoms with Crippen molar-refractivity contribution in [3.63, 3.8) is 0 Å². The van der Waals surface area contributed by atoms with Gasteiger partial charge in [-0.25, -0.2) is 4.68 Å². The van der Waals surface area contributed by atoms with Crippen LogP contribution in [0, 0.1) is 0 Å². The number of nitrogens with zero attached hydrogens (tertiary/aromatic N) is 1. The van der Waals surface area contributed by atoms with Gasteiger partial charge in [-0.15, -0.1) is 6.58 Å². The molecule has 5 heteroatoms. The third kappa shape index (κ3) is 5.04. The summed E-state index contributed by atoms with van der Waals surface area (Å²) in [6, 6.07) is 23.3. The van der Waals surface area contributed by atoms with Crippen molar-refractivity contribution in [2.24, 2.45) is 0 Å². The number of rotatable bonds is 9. The van der Waals surface area contributed by atoms with E-state index in [1.807, 2.05) is 91.9 Å². The zero-order valence-corrected chi connectivity index (χ0v) is 19.3. The first kappa shape index (κ1) is 22.9.